The third-order valence-electron chi connectivity index (χ3n) is 16.1. The summed E-state index contributed by atoms with van der Waals surface area (Å²) in [6, 6.07) is 0. The predicted molar refractivity (Wildman–Crippen MR) is 163 cm³/mol. The first-order chi connectivity index (χ1) is 19.7. The summed E-state index contributed by atoms with van der Waals surface area (Å²) in [5.74, 6) is 2.53. The molecule has 6 nitrogen and oxygen atoms in total. The molecule has 0 aromatic heterocycles. The maximum absolute atomic E-state index is 13.1. The third kappa shape index (κ3) is 3.36. The van der Waals surface area contributed by atoms with Gasteiger partial charge in [-0.05, 0) is 115 Å². The summed E-state index contributed by atoms with van der Waals surface area (Å²) in [5, 5.41) is 23.6. The highest BCUT2D eigenvalue weighted by atomic mass is 16.6. The van der Waals surface area contributed by atoms with Crippen LogP contribution in [0.15, 0.2) is 0 Å². The lowest BCUT2D eigenvalue weighted by Gasteiger charge is -2.63. The summed E-state index contributed by atoms with van der Waals surface area (Å²) in [4.78, 5) is 14.9. The van der Waals surface area contributed by atoms with Crippen molar-refractivity contribution in [3.63, 3.8) is 0 Å². The highest BCUT2D eigenvalue weighted by Gasteiger charge is 2.87. The first-order valence-electron chi connectivity index (χ1n) is 17.7. The van der Waals surface area contributed by atoms with Gasteiger partial charge in [-0.25, -0.2) is 4.79 Å². The Morgan fingerprint density at radius 1 is 0.929 bits per heavy atom. The molecule has 1 amide bonds. The first-order valence-corrected chi connectivity index (χ1v) is 17.7. The third-order valence-corrected chi connectivity index (χ3v) is 16.1. The molecule has 5 saturated carbocycles. The van der Waals surface area contributed by atoms with Gasteiger partial charge in [-0.3, -0.25) is 0 Å². The Bertz CT molecular complexity index is 1100. The van der Waals surface area contributed by atoms with Crippen LogP contribution in [-0.4, -0.2) is 64.8 Å². The van der Waals surface area contributed by atoms with Crippen LogP contribution in [0.2, 0.25) is 0 Å². The zero-order valence-electron chi connectivity index (χ0n) is 27.7. The number of hydrogen-bond donors (Lipinski definition) is 2. The summed E-state index contributed by atoms with van der Waals surface area (Å²) < 4.78 is 13.2. The van der Waals surface area contributed by atoms with Gasteiger partial charge < -0.3 is 24.6 Å². The standard InChI is InChI=1S/C36H59NO5/c1-20(2)28(42-31(40)37-17-9-10-18-37)23-19-21(3)27-29(41-23)30(39)34(8)25-12-11-24-32(5,6)26(38)13-14-35(24)22(4)36(25,35)16-15-33(27,34)7/h20-30,38-39H,9-19H2,1-8H3. The monoisotopic (exact) mass is 585 g/mol. The Labute approximate surface area is 254 Å². The Hall–Kier alpha value is -0.850. The van der Waals surface area contributed by atoms with E-state index in [9.17, 15) is 15.0 Å². The number of ether oxygens (including phenoxy) is 2. The lowest BCUT2D eigenvalue weighted by Crippen LogP contribution is -2.59. The number of hydrogen-bond acceptors (Lipinski definition) is 5. The van der Waals surface area contributed by atoms with Crippen LogP contribution in [-0.2, 0) is 9.47 Å². The minimum Gasteiger partial charge on any atom is -0.443 e. The van der Waals surface area contributed by atoms with Crippen LogP contribution in [0.3, 0.4) is 0 Å². The van der Waals surface area contributed by atoms with Crippen molar-refractivity contribution in [3.8, 4) is 0 Å². The van der Waals surface area contributed by atoms with Gasteiger partial charge in [-0.15, -0.1) is 0 Å². The van der Waals surface area contributed by atoms with Crippen molar-refractivity contribution in [2.45, 2.75) is 144 Å². The van der Waals surface area contributed by atoms with E-state index in [4.69, 9.17) is 9.47 Å². The largest absolute Gasteiger partial charge is 0.443 e. The molecule has 42 heavy (non-hydrogen) atoms. The number of aliphatic hydroxyl groups is 2. The molecule has 238 valence electrons. The molecule has 2 saturated heterocycles. The van der Waals surface area contributed by atoms with Crippen LogP contribution < -0.4 is 0 Å². The van der Waals surface area contributed by atoms with Gasteiger partial charge in [0.2, 0.25) is 0 Å². The molecular weight excluding hydrogens is 526 g/mol. The number of fused-ring (bicyclic) bond motifs is 4. The molecule has 2 heterocycles. The van der Waals surface area contributed by atoms with Crippen molar-refractivity contribution in [3.05, 3.63) is 0 Å². The van der Waals surface area contributed by atoms with E-state index < -0.39 is 6.10 Å². The van der Waals surface area contributed by atoms with E-state index in [1.165, 1.54) is 6.42 Å². The zero-order valence-corrected chi connectivity index (χ0v) is 27.7. The number of nitrogens with zero attached hydrogens (tertiary/aromatic N) is 1. The van der Waals surface area contributed by atoms with Crippen molar-refractivity contribution >= 4 is 6.09 Å². The SMILES string of the molecule is CC(C)C(OC(=O)N1CCCC1)C1CC(C)C2C(O1)C(O)C1(C)C3CCC4C(C)(C)C(O)CCC45C(C)C35CCC21C. The molecule has 6 heteroatoms. The van der Waals surface area contributed by atoms with E-state index in [1.807, 2.05) is 4.90 Å². The van der Waals surface area contributed by atoms with Gasteiger partial charge in [0.1, 0.15) is 6.10 Å². The lowest BCUT2D eigenvalue weighted by molar-refractivity contribution is -0.185. The first kappa shape index (κ1) is 29.8. The molecule has 7 fully saturated rings. The van der Waals surface area contributed by atoms with Crippen LogP contribution in [0.4, 0.5) is 4.79 Å². The maximum Gasteiger partial charge on any atom is 0.410 e. The van der Waals surface area contributed by atoms with Crippen molar-refractivity contribution in [2.24, 2.45) is 62.6 Å². The average molecular weight is 586 g/mol. The number of amides is 1. The Morgan fingerprint density at radius 3 is 2.24 bits per heavy atom. The smallest absolute Gasteiger partial charge is 0.410 e. The second-order valence-corrected chi connectivity index (χ2v) is 17.7. The summed E-state index contributed by atoms with van der Waals surface area (Å²) in [6.45, 7) is 20.3. The summed E-state index contributed by atoms with van der Waals surface area (Å²) in [6.07, 6.45) is 8.10. The fourth-order valence-electron chi connectivity index (χ4n) is 14.0. The molecule has 14 unspecified atom stereocenters. The van der Waals surface area contributed by atoms with Crippen molar-refractivity contribution < 1.29 is 24.5 Å². The van der Waals surface area contributed by atoms with E-state index >= 15 is 0 Å². The van der Waals surface area contributed by atoms with Crippen LogP contribution in [0.25, 0.3) is 0 Å². The van der Waals surface area contributed by atoms with Gasteiger partial charge in [-0.1, -0.05) is 55.4 Å². The number of carbonyl (C=O) groups is 1. The number of rotatable bonds is 3. The lowest BCUT2D eigenvalue weighted by atomic mass is 9.41. The van der Waals surface area contributed by atoms with Crippen LogP contribution in [0.1, 0.15) is 113 Å². The Kier molecular flexibility index (Phi) is 6.64. The minimum absolute atomic E-state index is 0.0109. The molecule has 0 radical (unpaired) electrons. The van der Waals surface area contributed by atoms with Crippen LogP contribution >= 0.6 is 0 Å². The predicted octanol–water partition coefficient (Wildman–Crippen LogP) is 6.66. The van der Waals surface area contributed by atoms with Gasteiger partial charge in [0, 0.05) is 18.5 Å². The fourth-order valence-corrected chi connectivity index (χ4v) is 14.0. The normalized spacial score (nSPS) is 54.7. The van der Waals surface area contributed by atoms with E-state index in [1.54, 1.807) is 0 Å². The van der Waals surface area contributed by atoms with Crippen molar-refractivity contribution in [1.29, 1.82) is 0 Å². The summed E-state index contributed by atoms with van der Waals surface area (Å²) in [7, 11) is 0. The molecule has 0 bridgehead atoms. The van der Waals surface area contributed by atoms with E-state index in [-0.39, 0.29) is 58.1 Å². The topological polar surface area (TPSA) is 79.2 Å². The molecule has 14 atom stereocenters. The van der Waals surface area contributed by atoms with Crippen molar-refractivity contribution in [1.82, 2.24) is 4.90 Å². The Balaban J connectivity index is 1.19. The van der Waals surface area contributed by atoms with Gasteiger partial charge >= 0.3 is 6.09 Å². The van der Waals surface area contributed by atoms with Crippen molar-refractivity contribution in [2.75, 3.05) is 13.1 Å². The van der Waals surface area contributed by atoms with E-state index in [0.717, 1.165) is 64.5 Å². The highest BCUT2D eigenvalue weighted by Crippen LogP contribution is 2.91. The van der Waals surface area contributed by atoms with Crippen LogP contribution in [0, 0.1) is 62.6 Å². The molecule has 2 spiro atoms. The number of aliphatic hydroxyl groups excluding tert-OH is 2. The average Bonchev–Trinajstić information content (AvgIpc) is 3.25. The fraction of sp³-hybridized carbons (Fsp3) is 0.972. The minimum atomic E-state index is -0.523. The zero-order chi connectivity index (χ0) is 30.2. The van der Waals surface area contributed by atoms with Gasteiger partial charge in [-0.2, -0.15) is 0 Å². The van der Waals surface area contributed by atoms with E-state index in [0.29, 0.717) is 35.0 Å². The van der Waals surface area contributed by atoms with Gasteiger partial charge in [0.05, 0.1) is 24.4 Å². The number of likely N-dealkylation sites (tertiary alicyclic amines) is 1. The molecule has 5 aliphatic carbocycles. The molecule has 7 rings (SSSR count). The molecular formula is C36H59NO5. The number of carbonyl (C=O) groups excluding carboxylic acids is 1. The second-order valence-electron chi connectivity index (χ2n) is 17.7. The van der Waals surface area contributed by atoms with E-state index in [2.05, 4.69) is 55.4 Å². The highest BCUT2D eigenvalue weighted by molar-refractivity contribution is 5.68. The molecule has 0 aromatic rings. The molecule has 2 N–H and O–H groups in total. The quantitative estimate of drug-likeness (QED) is 0.387. The van der Waals surface area contributed by atoms with Gasteiger partial charge in [0.25, 0.3) is 0 Å². The Morgan fingerprint density at radius 2 is 1.57 bits per heavy atom. The summed E-state index contributed by atoms with van der Waals surface area (Å²) in [5.41, 5.74) is 0.319. The maximum atomic E-state index is 13.1. The van der Waals surface area contributed by atoms with Gasteiger partial charge in [0.15, 0.2) is 0 Å². The molecule has 2 aliphatic heterocycles. The molecule has 7 aliphatic rings. The van der Waals surface area contributed by atoms with Crippen LogP contribution in [0.5, 0.6) is 0 Å². The second kappa shape index (κ2) is 9.34. The summed E-state index contributed by atoms with van der Waals surface area (Å²) >= 11 is 0. The molecule has 0 aromatic carbocycles.